The fourth-order valence-electron chi connectivity index (χ4n) is 5.21. The van der Waals surface area contributed by atoms with Gasteiger partial charge in [-0.3, -0.25) is 14.7 Å². The average molecular weight is 423 g/mol. The number of piperazine rings is 1. The molecule has 3 aliphatic heterocycles. The molecular weight excluding hydrogens is 392 g/mol. The van der Waals surface area contributed by atoms with Crippen molar-refractivity contribution >= 4 is 6.09 Å². The van der Waals surface area contributed by atoms with Crippen LogP contribution in [0.4, 0.5) is 4.79 Å². The molecule has 7 nitrogen and oxygen atoms in total. The fraction of sp³-hybridized carbons (Fsp3) is 0.500. The van der Waals surface area contributed by atoms with Crippen LogP contribution in [0.15, 0.2) is 48.5 Å². The van der Waals surface area contributed by atoms with E-state index in [4.69, 9.17) is 9.47 Å². The Morgan fingerprint density at radius 2 is 1.81 bits per heavy atom. The van der Waals surface area contributed by atoms with Crippen molar-refractivity contribution < 1.29 is 14.3 Å². The van der Waals surface area contributed by atoms with Crippen molar-refractivity contribution in [2.45, 2.75) is 37.6 Å². The lowest BCUT2D eigenvalue weighted by Crippen LogP contribution is -2.60. The summed E-state index contributed by atoms with van der Waals surface area (Å²) < 4.78 is 11.3. The van der Waals surface area contributed by atoms with Crippen molar-refractivity contribution in [3.05, 3.63) is 59.8 Å². The summed E-state index contributed by atoms with van der Waals surface area (Å²) in [6.07, 6.45) is 1.60. The van der Waals surface area contributed by atoms with Gasteiger partial charge in [-0.25, -0.2) is 9.78 Å². The zero-order chi connectivity index (χ0) is 21.3. The molecule has 31 heavy (non-hydrogen) atoms. The number of nitrogens with zero attached hydrogens (tertiary/aromatic N) is 4. The molecule has 1 spiro atoms. The second kappa shape index (κ2) is 8.48. The summed E-state index contributed by atoms with van der Waals surface area (Å²) in [7, 11) is 1.64. The number of pyridine rings is 1. The van der Waals surface area contributed by atoms with Gasteiger partial charge in [0.2, 0.25) is 5.88 Å². The number of fused-ring (bicyclic) bond motifs is 2. The van der Waals surface area contributed by atoms with Gasteiger partial charge in [0.25, 0.3) is 0 Å². The third kappa shape index (κ3) is 4.12. The van der Waals surface area contributed by atoms with Crippen LogP contribution in [-0.4, -0.2) is 77.3 Å². The van der Waals surface area contributed by atoms with Gasteiger partial charge in [0.05, 0.1) is 18.8 Å². The Balaban J connectivity index is 1.24. The molecule has 3 saturated heterocycles. The van der Waals surface area contributed by atoms with E-state index in [0.29, 0.717) is 5.88 Å². The zero-order valence-corrected chi connectivity index (χ0v) is 18.1. The van der Waals surface area contributed by atoms with Crippen LogP contribution in [0.5, 0.6) is 5.88 Å². The van der Waals surface area contributed by atoms with Gasteiger partial charge in [0.15, 0.2) is 0 Å². The Morgan fingerprint density at radius 3 is 2.58 bits per heavy atom. The third-order valence-electron chi connectivity index (χ3n) is 6.92. The lowest BCUT2D eigenvalue weighted by atomic mass is 9.83. The molecule has 2 aromatic rings. The van der Waals surface area contributed by atoms with E-state index >= 15 is 0 Å². The van der Waals surface area contributed by atoms with E-state index in [1.165, 1.54) is 5.56 Å². The Kier molecular flexibility index (Phi) is 5.54. The van der Waals surface area contributed by atoms with Crippen molar-refractivity contribution in [3.8, 4) is 5.88 Å². The maximum atomic E-state index is 12.6. The number of carbonyl (C=O) groups is 1. The SMILES string of the molecule is COc1cccc(CN2CCC3(CC2)OC(=O)N2CCN(Cc4ccccc4)CC23)n1. The van der Waals surface area contributed by atoms with Crippen LogP contribution in [-0.2, 0) is 17.8 Å². The summed E-state index contributed by atoms with van der Waals surface area (Å²) in [4.78, 5) is 24.0. The molecule has 0 radical (unpaired) electrons. The first kappa shape index (κ1) is 20.3. The number of methoxy groups -OCH3 is 1. The number of ether oxygens (including phenoxy) is 2. The number of hydrogen-bond donors (Lipinski definition) is 0. The summed E-state index contributed by atoms with van der Waals surface area (Å²) in [6, 6.07) is 16.6. The second-order valence-corrected chi connectivity index (χ2v) is 8.81. The molecule has 3 aliphatic rings. The van der Waals surface area contributed by atoms with Gasteiger partial charge >= 0.3 is 6.09 Å². The average Bonchev–Trinajstić information content (AvgIpc) is 3.07. The Bertz CT molecular complexity index is 914. The number of benzene rings is 1. The molecule has 3 fully saturated rings. The normalized spacial score (nSPS) is 23.6. The number of rotatable bonds is 5. The minimum atomic E-state index is -0.370. The summed E-state index contributed by atoms with van der Waals surface area (Å²) in [5.74, 6) is 0.645. The van der Waals surface area contributed by atoms with Crippen LogP contribution in [0.25, 0.3) is 0 Å². The second-order valence-electron chi connectivity index (χ2n) is 8.81. The first-order valence-corrected chi connectivity index (χ1v) is 11.1. The number of piperidine rings is 1. The molecule has 1 unspecified atom stereocenters. The van der Waals surface area contributed by atoms with Gasteiger partial charge < -0.3 is 9.47 Å². The number of aromatic nitrogens is 1. The van der Waals surface area contributed by atoms with Crippen molar-refractivity contribution in [1.29, 1.82) is 0 Å². The first-order chi connectivity index (χ1) is 15.1. The van der Waals surface area contributed by atoms with Crippen LogP contribution >= 0.6 is 0 Å². The van der Waals surface area contributed by atoms with Gasteiger partial charge in [0.1, 0.15) is 5.60 Å². The van der Waals surface area contributed by atoms with Crippen molar-refractivity contribution in [2.75, 3.05) is 39.8 Å². The Labute approximate surface area is 183 Å². The van der Waals surface area contributed by atoms with Crippen LogP contribution < -0.4 is 4.74 Å². The lowest BCUT2D eigenvalue weighted by molar-refractivity contribution is -0.0370. The predicted octanol–water partition coefficient (Wildman–Crippen LogP) is 2.76. The van der Waals surface area contributed by atoms with E-state index in [-0.39, 0.29) is 17.7 Å². The van der Waals surface area contributed by atoms with Gasteiger partial charge in [0, 0.05) is 64.7 Å². The molecule has 0 aliphatic carbocycles. The molecule has 0 bridgehead atoms. The number of likely N-dealkylation sites (tertiary alicyclic amines) is 1. The standard InChI is InChI=1S/C24H30N4O3/c1-30-22-9-5-8-20(25-22)17-26-12-10-24(11-13-26)21-18-27(14-15-28(21)23(29)31-24)16-19-6-3-2-4-7-19/h2-9,21H,10-18H2,1H3. The summed E-state index contributed by atoms with van der Waals surface area (Å²) in [5.41, 5.74) is 1.95. The fourth-order valence-corrected chi connectivity index (χ4v) is 5.21. The predicted molar refractivity (Wildman–Crippen MR) is 117 cm³/mol. The highest BCUT2D eigenvalue weighted by molar-refractivity contribution is 5.72. The molecule has 0 saturated carbocycles. The largest absolute Gasteiger partial charge is 0.481 e. The minimum absolute atomic E-state index is 0.132. The van der Waals surface area contributed by atoms with E-state index in [0.717, 1.165) is 64.3 Å². The van der Waals surface area contributed by atoms with Gasteiger partial charge in [-0.05, 0) is 11.6 Å². The monoisotopic (exact) mass is 422 g/mol. The highest BCUT2D eigenvalue weighted by Crippen LogP contribution is 2.40. The molecule has 164 valence electrons. The highest BCUT2D eigenvalue weighted by atomic mass is 16.6. The molecule has 1 aromatic carbocycles. The van der Waals surface area contributed by atoms with Crippen molar-refractivity contribution in [1.82, 2.24) is 19.7 Å². The third-order valence-corrected chi connectivity index (χ3v) is 6.92. The van der Waals surface area contributed by atoms with Gasteiger partial charge in [-0.1, -0.05) is 36.4 Å². The topological polar surface area (TPSA) is 58.1 Å². The van der Waals surface area contributed by atoms with Crippen LogP contribution in [0.3, 0.4) is 0 Å². The van der Waals surface area contributed by atoms with E-state index in [2.05, 4.69) is 45.1 Å². The smallest absolute Gasteiger partial charge is 0.410 e. The maximum absolute atomic E-state index is 12.6. The Morgan fingerprint density at radius 1 is 1.00 bits per heavy atom. The van der Waals surface area contributed by atoms with Gasteiger partial charge in [-0.15, -0.1) is 0 Å². The Hall–Kier alpha value is -2.64. The van der Waals surface area contributed by atoms with Crippen molar-refractivity contribution in [3.63, 3.8) is 0 Å². The molecule has 0 N–H and O–H groups in total. The highest BCUT2D eigenvalue weighted by Gasteiger charge is 2.56. The lowest BCUT2D eigenvalue weighted by Gasteiger charge is -2.45. The molecule has 1 atom stereocenters. The summed E-state index contributed by atoms with van der Waals surface area (Å²) in [5, 5.41) is 0. The van der Waals surface area contributed by atoms with E-state index < -0.39 is 0 Å². The van der Waals surface area contributed by atoms with Gasteiger partial charge in [-0.2, -0.15) is 0 Å². The quantitative estimate of drug-likeness (QED) is 0.739. The van der Waals surface area contributed by atoms with E-state index in [9.17, 15) is 4.79 Å². The molecule has 5 rings (SSSR count). The zero-order valence-electron chi connectivity index (χ0n) is 18.1. The first-order valence-electron chi connectivity index (χ1n) is 11.1. The molecule has 1 aromatic heterocycles. The number of amides is 1. The van der Waals surface area contributed by atoms with Crippen LogP contribution in [0.1, 0.15) is 24.1 Å². The molecular formula is C24H30N4O3. The summed E-state index contributed by atoms with van der Waals surface area (Å²) >= 11 is 0. The van der Waals surface area contributed by atoms with Crippen LogP contribution in [0, 0.1) is 0 Å². The number of hydrogen-bond acceptors (Lipinski definition) is 6. The minimum Gasteiger partial charge on any atom is -0.481 e. The molecule has 1 amide bonds. The number of carbonyl (C=O) groups excluding carboxylic acids is 1. The van der Waals surface area contributed by atoms with Crippen LogP contribution in [0.2, 0.25) is 0 Å². The maximum Gasteiger partial charge on any atom is 0.410 e. The van der Waals surface area contributed by atoms with Crippen molar-refractivity contribution in [2.24, 2.45) is 0 Å². The van der Waals surface area contributed by atoms with E-state index in [1.54, 1.807) is 7.11 Å². The van der Waals surface area contributed by atoms with E-state index in [1.807, 2.05) is 23.1 Å². The molecule has 4 heterocycles. The summed E-state index contributed by atoms with van der Waals surface area (Å²) in [6.45, 7) is 6.01. The molecule has 7 heteroatoms.